The molecule has 3 rings (SSSR count). The summed E-state index contributed by atoms with van der Waals surface area (Å²) in [5, 5.41) is 15.6. The smallest absolute Gasteiger partial charge is 0.408 e. The lowest BCUT2D eigenvalue weighted by Gasteiger charge is -2.43. The van der Waals surface area contributed by atoms with Crippen molar-refractivity contribution in [3.05, 3.63) is 64.7 Å². The van der Waals surface area contributed by atoms with Gasteiger partial charge in [-0.25, -0.2) is 4.79 Å². The van der Waals surface area contributed by atoms with Crippen molar-refractivity contribution in [1.29, 1.82) is 0 Å². The van der Waals surface area contributed by atoms with Crippen LogP contribution in [-0.4, -0.2) is 52.2 Å². The molecule has 37 heavy (non-hydrogen) atoms. The number of nitrogens with one attached hydrogen (secondary N) is 2. The first-order valence-electron chi connectivity index (χ1n) is 12.8. The second-order valence-corrected chi connectivity index (χ2v) is 10.7. The summed E-state index contributed by atoms with van der Waals surface area (Å²) in [6.07, 6.45) is 1.59. The van der Waals surface area contributed by atoms with Gasteiger partial charge >= 0.3 is 6.09 Å². The number of carbonyl (C=O) groups excluding carboxylic acids is 3. The highest BCUT2D eigenvalue weighted by atomic mass is 16.6. The molecule has 0 aromatic heterocycles. The molecule has 8 heteroatoms. The number of aliphatic hydroxyl groups excluding tert-OH is 1. The summed E-state index contributed by atoms with van der Waals surface area (Å²) in [6.45, 7) is 10.3. The minimum atomic E-state index is -1.26. The molecule has 0 aliphatic heterocycles. The van der Waals surface area contributed by atoms with Gasteiger partial charge in [0.05, 0.1) is 6.61 Å². The first-order chi connectivity index (χ1) is 17.4. The maximum atomic E-state index is 14.0. The second kappa shape index (κ2) is 11.8. The number of anilines is 1. The number of aryl methyl sites for hydroxylation is 2. The maximum absolute atomic E-state index is 14.0. The highest BCUT2D eigenvalue weighted by molar-refractivity contribution is 5.99. The summed E-state index contributed by atoms with van der Waals surface area (Å²) < 4.78 is 5.31. The summed E-state index contributed by atoms with van der Waals surface area (Å²) in [5.41, 5.74) is 3.41. The molecule has 8 nitrogen and oxygen atoms in total. The highest BCUT2D eigenvalue weighted by Crippen LogP contribution is 2.36. The van der Waals surface area contributed by atoms with Gasteiger partial charge in [0.2, 0.25) is 5.91 Å². The molecule has 1 saturated carbocycles. The first-order valence-corrected chi connectivity index (χ1v) is 12.8. The third kappa shape index (κ3) is 6.89. The van der Waals surface area contributed by atoms with Crippen molar-refractivity contribution < 1.29 is 24.2 Å². The fourth-order valence-electron chi connectivity index (χ4n) is 4.40. The first kappa shape index (κ1) is 28.2. The van der Waals surface area contributed by atoms with Gasteiger partial charge < -0.3 is 25.4 Å². The van der Waals surface area contributed by atoms with Gasteiger partial charge in [-0.05, 0) is 89.1 Å². The Labute approximate surface area is 219 Å². The number of carbonyl (C=O) groups is 3. The van der Waals surface area contributed by atoms with E-state index in [0.29, 0.717) is 11.3 Å². The number of aliphatic hydroxyl groups is 1. The molecule has 2 aromatic rings. The van der Waals surface area contributed by atoms with E-state index < -0.39 is 36.3 Å². The molecule has 1 aliphatic carbocycles. The van der Waals surface area contributed by atoms with Crippen LogP contribution in [0.2, 0.25) is 0 Å². The van der Waals surface area contributed by atoms with Crippen molar-refractivity contribution >= 4 is 23.6 Å². The van der Waals surface area contributed by atoms with Gasteiger partial charge in [0.25, 0.3) is 5.91 Å². The molecule has 0 saturated heterocycles. The second-order valence-electron chi connectivity index (χ2n) is 10.7. The summed E-state index contributed by atoms with van der Waals surface area (Å²) >= 11 is 0. The number of benzene rings is 2. The van der Waals surface area contributed by atoms with E-state index in [0.717, 1.165) is 36.0 Å². The summed E-state index contributed by atoms with van der Waals surface area (Å²) in [5.74, 6) is -0.874. The third-order valence-electron chi connectivity index (χ3n) is 6.76. The Morgan fingerprint density at radius 3 is 2.24 bits per heavy atom. The van der Waals surface area contributed by atoms with Crippen LogP contribution in [0.4, 0.5) is 10.5 Å². The summed E-state index contributed by atoms with van der Waals surface area (Å²) in [6, 6.07) is 10.8. The number of hydrogen-bond acceptors (Lipinski definition) is 5. The lowest BCUT2D eigenvalue weighted by atomic mass is 9.86. The number of rotatable bonds is 8. The molecule has 2 atom stereocenters. The van der Waals surface area contributed by atoms with Crippen LogP contribution in [0, 0.1) is 20.8 Å². The molecule has 0 radical (unpaired) electrons. The van der Waals surface area contributed by atoms with E-state index >= 15 is 0 Å². The quantitative estimate of drug-likeness (QED) is 0.484. The molecular formula is C29H39N3O5. The topological polar surface area (TPSA) is 108 Å². The number of nitrogens with zero attached hydrogens (tertiary/aromatic N) is 1. The third-order valence-corrected chi connectivity index (χ3v) is 6.76. The SMILES string of the molecule is Cc1ccccc1NC(=O)C(c1cccc(C)c1C)N(C(=O)C(CO)NC(=O)OC(C)(C)C)C1CCC1. The molecule has 0 spiro atoms. The molecule has 2 unspecified atom stereocenters. The van der Waals surface area contributed by atoms with Gasteiger partial charge in [-0.1, -0.05) is 36.4 Å². The van der Waals surface area contributed by atoms with Crippen LogP contribution in [0.3, 0.4) is 0 Å². The minimum Gasteiger partial charge on any atom is -0.444 e. The lowest BCUT2D eigenvalue weighted by molar-refractivity contribution is -0.146. The van der Waals surface area contributed by atoms with Gasteiger partial charge in [-0.15, -0.1) is 0 Å². The molecule has 1 fully saturated rings. The zero-order chi connectivity index (χ0) is 27.3. The predicted molar refractivity (Wildman–Crippen MR) is 143 cm³/mol. The molecule has 1 aliphatic rings. The molecule has 3 N–H and O–H groups in total. The van der Waals surface area contributed by atoms with Crippen molar-refractivity contribution in [2.45, 2.75) is 84.5 Å². The van der Waals surface area contributed by atoms with E-state index in [2.05, 4.69) is 10.6 Å². The molecule has 3 amide bonds. The molecule has 200 valence electrons. The van der Waals surface area contributed by atoms with E-state index in [1.807, 2.05) is 63.2 Å². The Morgan fingerprint density at radius 1 is 1.03 bits per heavy atom. The minimum absolute atomic E-state index is 0.200. The highest BCUT2D eigenvalue weighted by Gasteiger charge is 2.42. The summed E-state index contributed by atoms with van der Waals surface area (Å²) in [4.78, 5) is 41.9. The fraction of sp³-hybridized carbons (Fsp3) is 0.483. The van der Waals surface area contributed by atoms with Crippen LogP contribution in [0.1, 0.15) is 68.3 Å². The number of amides is 3. The van der Waals surface area contributed by atoms with E-state index in [9.17, 15) is 19.5 Å². The number of para-hydroxylation sites is 1. The number of hydrogen-bond donors (Lipinski definition) is 3. The molecule has 0 bridgehead atoms. The van der Waals surface area contributed by atoms with Crippen molar-refractivity contribution in [2.24, 2.45) is 0 Å². The van der Waals surface area contributed by atoms with E-state index in [1.165, 1.54) is 0 Å². The Balaban J connectivity index is 2.03. The van der Waals surface area contributed by atoms with Crippen molar-refractivity contribution in [3.8, 4) is 0 Å². The lowest BCUT2D eigenvalue weighted by Crippen LogP contribution is -2.58. The summed E-state index contributed by atoms with van der Waals surface area (Å²) in [7, 11) is 0. The molecule has 2 aromatic carbocycles. The molecule has 0 heterocycles. The van der Waals surface area contributed by atoms with Gasteiger partial charge in [-0.3, -0.25) is 9.59 Å². The van der Waals surface area contributed by atoms with Gasteiger partial charge in [0, 0.05) is 11.7 Å². The van der Waals surface area contributed by atoms with E-state index in [-0.39, 0.29) is 11.9 Å². The Morgan fingerprint density at radius 2 is 1.68 bits per heavy atom. The van der Waals surface area contributed by atoms with Crippen LogP contribution < -0.4 is 10.6 Å². The fourth-order valence-corrected chi connectivity index (χ4v) is 4.40. The normalized spacial score (nSPS) is 15.2. The predicted octanol–water partition coefficient (Wildman–Crippen LogP) is 4.56. The maximum Gasteiger partial charge on any atom is 0.408 e. The van der Waals surface area contributed by atoms with Gasteiger partial charge in [-0.2, -0.15) is 0 Å². The van der Waals surface area contributed by atoms with Crippen LogP contribution in [0.25, 0.3) is 0 Å². The molecular weight excluding hydrogens is 470 g/mol. The average Bonchev–Trinajstić information content (AvgIpc) is 2.78. The van der Waals surface area contributed by atoms with Crippen LogP contribution in [0.15, 0.2) is 42.5 Å². The van der Waals surface area contributed by atoms with E-state index in [1.54, 1.807) is 25.7 Å². The van der Waals surface area contributed by atoms with Crippen molar-refractivity contribution in [2.75, 3.05) is 11.9 Å². The Kier molecular flexibility index (Phi) is 8.97. The van der Waals surface area contributed by atoms with Crippen LogP contribution >= 0.6 is 0 Å². The van der Waals surface area contributed by atoms with E-state index in [4.69, 9.17) is 4.74 Å². The van der Waals surface area contributed by atoms with Crippen LogP contribution in [-0.2, 0) is 14.3 Å². The van der Waals surface area contributed by atoms with Crippen molar-refractivity contribution in [1.82, 2.24) is 10.2 Å². The Bertz CT molecular complexity index is 1140. The monoisotopic (exact) mass is 509 g/mol. The largest absolute Gasteiger partial charge is 0.444 e. The zero-order valence-electron chi connectivity index (χ0n) is 22.6. The standard InChI is InChI=1S/C29H39N3O5/c1-18-12-9-15-22(20(18)3)25(26(34)30-23-16-8-7-11-19(23)2)32(21-13-10-14-21)27(35)24(17-33)31-28(36)37-29(4,5)6/h7-9,11-12,15-16,21,24-25,33H,10,13-14,17H2,1-6H3,(H,30,34)(H,31,36). The van der Waals surface area contributed by atoms with Gasteiger partial charge in [0.1, 0.15) is 17.7 Å². The van der Waals surface area contributed by atoms with Crippen LogP contribution in [0.5, 0.6) is 0 Å². The number of ether oxygens (including phenoxy) is 1. The Hall–Kier alpha value is -3.39. The average molecular weight is 510 g/mol. The number of alkyl carbamates (subject to hydrolysis) is 1. The van der Waals surface area contributed by atoms with Crippen molar-refractivity contribution in [3.63, 3.8) is 0 Å². The van der Waals surface area contributed by atoms with Gasteiger partial charge in [0.15, 0.2) is 0 Å². The zero-order valence-corrected chi connectivity index (χ0v) is 22.6.